The Kier molecular flexibility index (Phi) is 6.00. The average molecular weight is 501 g/mol. The molecule has 0 heterocycles. The molecule has 0 aromatic carbocycles. The fourth-order valence-electron chi connectivity index (χ4n) is 10.9. The van der Waals surface area contributed by atoms with Gasteiger partial charge in [0, 0.05) is 11.3 Å². The van der Waals surface area contributed by atoms with E-state index in [2.05, 4.69) is 40.3 Å². The maximum absolute atomic E-state index is 13.4. The molecule has 0 aliphatic heterocycles. The van der Waals surface area contributed by atoms with Crippen LogP contribution in [0.2, 0.25) is 0 Å². The number of methoxy groups -OCH3 is 1. The minimum absolute atomic E-state index is 0.00148. The first-order valence-corrected chi connectivity index (χ1v) is 14.2. The van der Waals surface area contributed by atoms with E-state index >= 15 is 0 Å². The summed E-state index contributed by atoms with van der Waals surface area (Å²) in [4.78, 5) is 13.4. The summed E-state index contributed by atoms with van der Waals surface area (Å²) >= 11 is 0. The smallest absolute Gasteiger partial charge is 0.312 e. The highest BCUT2D eigenvalue weighted by molar-refractivity contribution is 5.79. The molecule has 0 radical (unpaired) electrons. The second kappa shape index (κ2) is 8.16. The second-order valence-electron chi connectivity index (χ2n) is 14.2. The van der Waals surface area contributed by atoms with E-state index in [-0.39, 0.29) is 46.6 Å². The van der Waals surface area contributed by atoms with Crippen LogP contribution in [0.4, 0.5) is 0 Å². The molecule has 5 nitrogen and oxygen atoms in total. The standard InChI is InChI=1S/C31H48O5/c1-18-10-13-31(26(35)36-7)15-14-29(5)20(24(31)19(18)2)8-9-23-27(3)16-21(33)25(34)28(4,17-32)22(27)11-12-30(23,29)6/h8,19,21-25,32-34H,1,9-17H2,2-7H3/t19-,21+,22+,23+,24-,25+,27-,28+,29+,30+,31-/m0/s1. The third-order valence-electron chi connectivity index (χ3n) is 13.2. The third-order valence-corrected chi connectivity index (χ3v) is 13.2. The van der Waals surface area contributed by atoms with E-state index in [9.17, 15) is 20.1 Å². The molecule has 5 heteroatoms. The van der Waals surface area contributed by atoms with Crippen LogP contribution in [0.3, 0.4) is 0 Å². The SMILES string of the molecule is C=C1CC[C@]2(C(=O)OC)CC[C@]3(C)C(=CC[C@@H]4[C@@]5(C)C[C@@H](O)[C@@H](O)[C@](C)(CO)[C@@H]5CC[C@]43C)[C@@H]2[C@H]1C. The van der Waals surface area contributed by atoms with Crippen LogP contribution in [0.5, 0.6) is 0 Å². The zero-order chi connectivity index (χ0) is 26.5. The molecular formula is C31H48O5. The summed E-state index contributed by atoms with van der Waals surface area (Å²) in [5, 5.41) is 32.4. The van der Waals surface area contributed by atoms with Gasteiger partial charge in [-0.05, 0) is 85.4 Å². The molecular weight excluding hydrogens is 452 g/mol. The van der Waals surface area contributed by atoms with E-state index in [1.165, 1.54) is 18.3 Å². The summed E-state index contributed by atoms with van der Waals surface area (Å²) in [6, 6.07) is 0. The lowest BCUT2D eigenvalue weighted by Gasteiger charge is -2.71. The van der Waals surface area contributed by atoms with Crippen molar-refractivity contribution in [3.05, 3.63) is 23.8 Å². The summed E-state index contributed by atoms with van der Waals surface area (Å²) in [6.07, 6.45) is 7.67. The van der Waals surface area contributed by atoms with Gasteiger partial charge in [0.25, 0.3) is 0 Å². The Morgan fingerprint density at radius 3 is 2.44 bits per heavy atom. The van der Waals surface area contributed by atoms with Gasteiger partial charge in [0.05, 0.1) is 31.3 Å². The molecule has 5 aliphatic rings. The Labute approximate surface area is 217 Å². The first-order chi connectivity index (χ1) is 16.8. The first-order valence-electron chi connectivity index (χ1n) is 14.2. The maximum Gasteiger partial charge on any atom is 0.312 e. The minimum atomic E-state index is -0.903. The van der Waals surface area contributed by atoms with Crippen molar-refractivity contribution in [1.82, 2.24) is 0 Å². The number of fused-ring (bicyclic) bond motifs is 7. The quantitative estimate of drug-likeness (QED) is 0.365. The highest BCUT2D eigenvalue weighted by atomic mass is 16.5. The molecule has 4 fully saturated rings. The highest BCUT2D eigenvalue weighted by Crippen LogP contribution is 2.75. The zero-order valence-electron chi connectivity index (χ0n) is 23.3. The van der Waals surface area contributed by atoms with Crippen LogP contribution in [0.1, 0.15) is 86.0 Å². The third kappa shape index (κ3) is 2.97. The Morgan fingerprint density at radius 2 is 1.81 bits per heavy atom. The number of rotatable bonds is 2. The Bertz CT molecular complexity index is 987. The summed E-state index contributed by atoms with van der Waals surface area (Å²) in [5.74, 6) is 0.783. The van der Waals surface area contributed by atoms with Crippen LogP contribution in [-0.2, 0) is 9.53 Å². The van der Waals surface area contributed by atoms with E-state index < -0.39 is 23.0 Å². The largest absolute Gasteiger partial charge is 0.469 e. The van der Waals surface area contributed by atoms with Gasteiger partial charge < -0.3 is 20.1 Å². The van der Waals surface area contributed by atoms with E-state index in [0.29, 0.717) is 12.3 Å². The zero-order valence-corrected chi connectivity index (χ0v) is 23.3. The number of allylic oxidation sites excluding steroid dienone is 3. The van der Waals surface area contributed by atoms with Gasteiger partial charge in [-0.2, -0.15) is 0 Å². The molecule has 5 rings (SSSR count). The van der Waals surface area contributed by atoms with E-state index in [1.807, 2.05) is 6.92 Å². The van der Waals surface area contributed by atoms with Crippen LogP contribution in [0.15, 0.2) is 23.8 Å². The molecule has 0 aromatic rings. The lowest BCUT2D eigenvalue weighted by Crippen LogP contribution is -2.68. The summed E-state index contributed by atoms with van der Waals surface area (Å²) in [7, 11) is 1.53. The van der Waals surface area contributed by atoms with Crippen LogP contribution >= 0.6 is 0 Å². The van der Waals surface area contributed by atoms with Crippen LogP contribution in [-0.4, -0.2) is 47.2 Å². The summed E-state index contributed by atoms with van der Waals surface area (Å²) in [6.45, 7) is 15.8. The van der Waals surface area contributed by atoms with Crippen molar-refractivity contribution in [1.29, 1.82) is 0 Å². The van der Waals surface area contributed by atoms with Crippen LogP contribution < -0.4 is 0 Å². The van der Waals surface area contributed by atoms with E-state index in [4.69, 9.17) is 4.74 Å². The lowest BCUT2D eigenvalue weighted by molar-refractivity contribution is -0.243. The molecule has 11 atom stereocenters. The number of hydrogen-bond acceptors (Lipinski definition) is 5. The van der Waals surface area contributed by atoms with Gasteiger partial charge in [-0.25, -0.2) is 0 Å². The molecule has 3 N–H and O–H groups in total. The average Bonchev–Trinajstić information content (AvgIpc) is 2.84. The molecule has 36 heavy (non-hydrogen) atoms. The number of aliphatic hydroxyl groups excluding tert-OH is 3. The first kappa shape index (κ1) is 26.4. The van der Waals surface area contributed by atoms with E-state index in [0.717, 1.165) is 44.9 Å². The monoisotopic (exact) mass is 500 g/mol. The van der Waals surface area contributed by atoms with E-state index in [1.54, 1.807) is 0 Å². The number of hydrogen-bond donors (Lipinski definition) is 3. The summed E-state index contributed by atoms with van der Waals surface area (Å²) in [5.41, 5.74) is 1.26. The number of ether oxygens (including phenoxy) is 1. The van der Waals surface area contributed by atoms with Gasteiger partial charge in [0.1, 0.15) is 0 Å². The topological polar surface area (TPSA) is 87.0 Å². The van der Waals surface area contributed by atoms with Gasteiger partial charge in [-0.1, -0.05) is 58.4 Å². The number of aliphatic hydroxyl groups is 3. The fraction of sp³-hybridized carbons (Fsp3) is 0.839. The second-order valence-corrected chi connectivity index (χ2v) is 14.2. The molecule has 5 aliphatic carbocycles. The van der Waals surface area contributed by atoms with Crippen molar-refractivity contribution in [2.75, 3.05) is 13.7 Å². The number of esters is 1. The predicted molar refractivity (Wildman–Crippen MR) is 140 cm³/mol. The lowest BCUT2D eigenvalue weighted by atomic mass is 9.33. The van der Waals surface area contributed by atoms with Crippen molar-refractivity contribution >= 4 is 5.97 Å². The Morgan fingerprint density at radius 1 is 1.11 bits per heavy atom. The Balaban J connectivity index is 1.63. The van der Waals surface area contributed by atoms with Crippen molar-refractivity contribution in [2.45, 2.75) is 98.2 Å². The molecule has 0 bridgehead atoms. The van der Waals surface area contributed by atoms with Crippen LogP contribution in [0.25, 0.3) is 0 Å². The molecule has 0 spiro atoms. The van der Waals surface area contributed by atoms with Crippen molar-refractivity contribution in [3.63, 3.8) is 0 Å². The molecule has 0 amide bonds. The van der Waals surface area contributed by atoms with Gasteiger partial charge in [-0.15, -0.1) is 0 Å². The molecule has 4 saturated carbocycles. The van der Waals surface area contributed by atoms with Gasteiger partial charge >= 0.3 is 5.97 Å². The number of carbonyl (C=O) groups is 1. The minimum Gasteiger partial charge on any atom is -0.469 e. The van der Waals surface area contributed by atoms with Crippen molar-refractivity contribution < 1.29 is 24.9 Å². The fourth-order valence-corrected chi connectivity index (χ4v) is 10.9. The maximum atomic E-state index is 13.4. The molecule has 0 saturated heterocycles. The highest BCUT2D eigenvalue weighted by Gasteiger charge is 2.70. The van der Waals surface area contributed by atoms with Gasteiger partial charge in [0.15, 0.2) is 0 Å². The van der Waals surface area contributed by atoms with Crippen LogP contribution in [0, 0.1) is 50.7 Å². The van der Waals surface area contributed by atoms with Gasteiger partial charge in [0.2, 0.25) is 0 Å². The van der Waals surface area contributed by atoms with Crippen molar-refractivity contribution in [2.24, 2.45) is 50.7 Å². The molecule has 0 aromatic heterocycles. The number of carbonyl (C=O) groups excluding carboxylic acids is 1. The van der Waals surface area contributed by atoms with Gasteiger partial charge in [-0.3, -0.25) is 4.79 Å². The predicted octanol–water partition coefficient (Wildman–Crippen LogP) is 5.04. The molecule has 202 valence electrons. The summed E-state index contributed by atoms with van der Waals surface area (Å²) < 4.78 is 5.45. The molecule has 0 unspecified atom stereocenters. The van der Waals surface area contributed by atoms with Crippen molar-refractivity contribution in [3.8, 4) is 0 Å². The Hall–Kier alpha value is -1.17. The normalized spacial score (nSPS) is 54.4.